The van der Waals surface area contributed by atoms with Crippen molar-refractivity contribution in [3.05, 3.63) is 48.4 Å². The predicted octanol–water partition coefficient (Wildman–Crippen LogP) is 3.88. The molecule has 2 aromatic heterocycles. The first kappa shape index (κ1) is 18.8. The van der Waals surface area contributed by atoms with E-state index in [0.717, 1.165) is 29.1 Å². The number of hydrogen-bond acceptors (Lipinski definition) is 7. The number of nitrogens with one attached hydrogen (secondary N) is 1. The van der Waals surface area contributed by atoms with Gasteiger partial charge in [0.05, 0.1) is 10.2 Å². The van der Waals surface area contributed by atoms with Gasteiger partial charge in [-0.15, -0.1) is 0 Å². The first-order chi connectivity index (χ1) is 14.7. The molecule has 8 nitrogen and oxygen atoms in total. The largest absolute Gasteiger partial charge is 0.473 e. The number of nitrogens with zero attached hydrogens (tertiary/aromatic N) is 4. The standard InChI is InChI=1S/C21H21N5O3S/c27-21(28)26-9-5-13(6-10-26)18-19(23-8-7-22-18)29-15-11-14(12-15)24-20-25-16-3-1-2-4-17(16)30-20/h1-5,7-8,14-15H,6,9-12H2,(H,24,25)(H,27,28). The maximum absolute atomic E-state index is 11.1. The molecule has 30 heavy (non-hydrogen) atoms. The van der Waals surface area contributed by atoms with E-state index in [1.807, 2.05) is 24.3 Å². The van der Waals surface area contributed by atoms with Crippen molar-refractivity contribution in [2.45, 2.75) is 31.4 Å². The van der Waals surface area contributed by atoms with E-state index in [4.69, 9.17) is 9.84 Å². The highest BCUT2D eigenvalue weighted by Gasteiger charge is 2.33. The summed E-state index contributed by atoms with van der Waals surface area (Å²) in [5, 5.41) is 13.6. The lowest BCUT2D eigenvalue weighted by Gasteiger charge is -2.35. The Bertz CT molecular complexity index is 1080. The summed E-state index contributed by atoms with van der Waals surface area (Å²) < 4.78 is 7.31. The Morgan fingerprint density at radius 1 is 1.23 bits per heavy atom. The van der Waals surface area contributed by atoms with Gasteiger partial charge in [0.15, 0.2) is 5.13 Å². The molecule has 1 fully saturated rings. The van der Waals surface area contributed by atoms with Crippen LogP contribution in [0.3, 0.4) is 0 Å². The minimum atomic E-state index is -0.901. The molecule has 0 radical (unpaired) electrons. The number of aromatic nitrogens is 3. The maximum atomic E-state index is 11.1. The third-order valence-corrected chi connectivity index (χ3v) is 6.41. The monoisotopic (exact) mass is 423 g/mol. The van der Waals surface area contributed by atoms with Gasteiger partial charge in [-0.25, -0.2) is 19.7 Å². The van der Waals surface area contributed by atoms with E-state index in [-0.39, 0.29) is 6.10 Å². The molecule has 2 aliphatic rings. The number of ether oxygens (including phenoxy) is 1. The highest BCUT2D eigenvalue weighted by atomic mass is 32.1. The van der Waals surface area contributed by atoms with Crippen molar-refractivity contribution >= 4 is 38.4 Å². The minimum absolute atomic E-state index is 0.0760. The van der Waals surface area contributed by atoms with Crippen LogP contribution in [0.1, 0.15) is 25.0 Å². The van der Waals surface area contributed by atoms with E-state index in [1.165, 1.54) is 9.60 Å². The number of anilines is 1. The van der Waals surface area contributed by atoms with Gasteiger partial charge >= 0.3 is 6.09 Å². The zero-order chi connectivity index (χ0) is 20.5. The smallest absolute Gasteiger partial charge is 0.407 e. The molecule has 0 atom stereocenters. The van der Waals surface area contributed by atoms with Crippen LogP contribution in [0.25, 0.3) is 15.8 Å². The number of para-hydroxylation sites is 1. The molecule has 0 bridgehead atoms. The fourth-order valence-corrected chi connectivity index (χ4v) is 4.68. The first-order valence-corrected chi connectivity index (χ1v) is 10.7. The summed E-state index contributed by atoms with van der Waals surface area (Å²) in [6, 6.07) is 8.45. The molecule has 1 aliphatic carbocycles. The summed E-state index contributed by atoms with van der Waals surface area (Å²) in [7, 11) is 0. The number of carboxylic acid groups (broad SMARTS) is 1. The maximum Gasteiger partial charge on any atom is 0.407 e. The SMILES string of the molecule is O=C(O)N1CC=C(c2nccnc2OC2CC(Nc3nc4ccccc4s3)C2)CC1. The Morgan fingerprint density at radius 2 is 2.07 bits per heavy atom. The van der Waals surface area contributed by atoms with Crippen molar-refractivity contribution < 1.29 is 14.6 Å². The number of carbonyl (C=O) groups is 1. The molecule has 5 rings (SSSR count). The van der Waals surface area contributed by atoms with Gasteiger partial charge in [-0.2, -0.15) is 0 Å². The minimum Gasteiger partial charge on any atom is -0.473 e. The van der Waals surface area contributed by atoms with Crippen LogP contribution in [-0.2, 0) is 0 Å². The van der Waals surface area contributed by atoms with Gasteiger partial charge in [-0.1, -0.05) is 29.5 Å². The summed E-state index contributed by atoms with van der Waals surface area (Å²) in [5.41, 5.74) is 2.72. The van der Waals surface area contributed by atoms with Gasteiger partial charge in [0.25, 0.3) is 0 Å². The number of hydrogen-bond donors (Lipinski definition) is 2. The molecule has 3 heterocycles. The number of benzene rings is 1. The van der Waals surface area contributed by atoms with Crippen molar-refractivity contribution in [2.24, 2.45) is 0 Å². The van der Waals surface area contributed by atoms with Crippen LogP contribution in [0.2, 0.25) is 0 Å². The number of thiazole rings is 1. The van der Waals surface area contributed by atoms with E-state index in [0.29, 0.717) is 37.1 Å². The third kappa shape index (κ3) is 3.80. The molecule has 1 aliphatic heterocycles. The van der Waals surface area contributed by atoms with Crippen molar-refractivity contribution in [1.29, 1.82) is 0 Å². The zero-order valence-electron chi connectivity index (χ0n) is 16.2. The van der Waals surface area contributed by atoms with Crippen LogP contribution in [0.15, 0.2) is 42.7 Å². The molecular weight excluding hydrogens is 402 g/mol. The van der Waals surface area contributed by atoms with Gasteiger partial charge in [0.2, 0.25) is 5.88 Å². The third-order valence-electron chi connectivity index (χ3n) is 5.44. The second-order valence-electron chi connectivity index (χ2n) is 7.46. The Balaban J connectivity index is 1.20. The fourth-order valence-electron chi connectivity index (χ4n) is 3.74. The molecule has 0 saturated heterocycles. The highest BCUT2D eigenvalue weighted by molar-refractivity contribution is 7.22. The molecule has 1 amide bonds. The highest BCUT2D eigenvalue weighted by Crippen LogP contribution is 2.34. The number of rotatable bonds is 5. The number of fused-ring (bicyclic) bond motifs is 1. The van der Waals surface area contributed by atoms with Crippen LogP contribution in [0.5, 0.6) is 5.88 Å². The molecule has 0 spiro atoms. The molecule has 2 N–H and O–H groups in total. The molecule has 9 heteroatoms. The topological polar surface area (TPSA) is 100 Å². The van der Waals surface area contributed by atoms with E-state index in [9.17, 15) is 4.79 Å². The summed E-state index contributed by atoms with van der Waals surface area (Å²) in [6.07, 6.45) is 6.69. The van der Waals surface area contributed by atoms with Crippen LogP contribution in [-0.4, -0.2) is 56.3 Å². The summed E-state index contributed by atoms with van der Waals surface area (Å²) in [5.74, 6) is 0.524. The molecule has 154 valence electrons. The van der Waals surface area contributed by atoms with Crippen LogP contribution >= 0.6 is 11.3 Å². The quantitative estimate of drug-likeness (QED) is 0.642. The Labute approximate surface area is 177 Å². The van der Waals surface area contributed by atoms with Crippen molar-refractivity contribution in [3.8, 4) is 5.88 Å². The summed E-state index contributed by atoms with van der Waals surface area (Å²) in [4.78, 5) is 25.9. The van der Waals surface area contributed by atoms with Gasteiger partial charge in [0.1, 0.15) is 11.8 Å². The molecule has 1 saturated carbocycles. The number of amides is 1. The van der Waals surface area contributed by atoms with Crippen LogP contribution in [0, 0.1) is 0 Å². The van der Waals surface area contributed by atoms with Crippen molar-refractivity contribution in [3.63, 3.8) is 0 Å². The van der Waals surface area contributed by atoms with E-state index >= 15 is 0 Å². The lowest BCUT2D eigenvalue weighted by Crippen LogP contribution is -2.42. The fraction of sp³-hybridized carbons (Fsp3) is 0.333. The van der Waals surface area contributed by atoms with Crippen molar-refractivity contribution in [1.82, 2.24) is 19.9 Å². The average Bonchev–Trinajstić information content (AvgIpc) is 3.15. The van der Waals surface area contributed by atoms with Gasteiger partial charge in [-0.05, 0) is 24.1 Å². The molecular formula is C21H21N5O3S. The Kier molecular flexibility index (Phi) is 4.96. The predicted molar refractivity (Wildman–Crippen MR) is 115 cm³/mol. The Hall–Kier alpha value is -3.20. The Morgan fingerprint density at radius 3 is 2.83 bits per heavy atom. The van der Waals surface area contributed by atoms with Crippen LogP contribution < -0.4 is 10.1 Å². The van der Waals surface area contributed by atoms with E-state index in [1.54, 1.807) is 23.7 Å². The van der Waals surface area contributed by atoms with Gasteiger partial charge in [-0.3, -0.25) is 0 Å². The average molecular weight is 423 g/mol. The van der Waals surface area contributed by atoms with E-state index in [2.05, 4.69) is 26.3 Å². The molecule has 3 aromatic rings. The summed E-state index contributed by atoms with van der Waals surface area (Å²) >= 11 is 1.66. The lowest BCUT2D eigenvalue weighted by atomic mass is 9.89. The molecule has 1 aromatic carbocycles. The second-order valence-corrected chi connectivity index (χ2v) is 8.49. The first-order valence-electron chi connectivity index (χ1n) is 9.93. The van der Waals surface area contributed by atoms with Crippen LogP contribution in [0.4, 0.5) is 9.93 Å². The van der Waals surface area contributed by atoms with E-state index < -0.39 is 6.09 Å². The molecule has 0 unspecified atom stereocenters. The van der Waals surface area contributed by atoms with Gasteiger partial charge in [0, 0.05) is 44.4 Å². The lowest BCUT2D eigenvalue weighted by molar-refractivity contribution is 0.102. The zero-order valence-corrected chi connectivity index (χ0v) is 17.0. The summed E-state index contributed by atoms with van der Waals surface area (Å²) in [6.45, 7) is 0.813. The van der Waals surface area contributed by atoms with Crippen molar-refractivity contribution in [2.75, 3.05) is 18.4 Å². The normalized spacial score (nSPS) is 21.1. The second kappa shape index (κ2) is 7.91. The van der Waals surface area contributed by atoms with Gasteiger partial charge < -0.3 is 20.1 Å².